The number of benzene rings is 3. The van der Waals surface area contributed by atoms with Crippen molar-refractivity contribution in [3.8, 4) is 5.75 Å². The largest absolute Gasteiger partial charge is 0.507 e. The van der Waals surface area contributed by atoms with Crippen molar-refractivity contribution in [3.05, 3.63) is 100 Å². The van der Waals surface area contributed by atoms with Gasteiger partial charge in [-0.25, -0.2) is 4.39 Å². The number of hydrogen-bond acceptors (Lipinski definition) is 4. The number of ether oxygens (including phenoxy) is 1. The number of halogens is 1. The highest BCUT2D eigenvalue weighted by Gasteiger charge is 2.47. The molecule has 0 spiro atoms. The number of aryl methyl sites for hydroxylation is 2. The van der Waals surface area contributed by atoms with Crippen molar-refractivity contribution in [3.63, 3.8) is 0 Å². The van der Waals surface area contributed by atoms with Crippen LogP contribution in [0.3, 0.4) is 0 Å². The Balaban J connectivity index is 1.89. The smallest absolute Gasteiger partial charge is 0.300 e. The van der Waals surface area contributed by atoms with Gasteiger partial charge in [0.1, 0.15) is 17.3 Å². The summed E-state index contributed by atoms with van der Waals surface area (Å²) in [5.74, 6) is -1.59. The molecule has 1 saturated heterocycles. The van der Waals surface area contributed by atoms with Crippen LogP contribution < -0.4 is 9.64 Å². The normalized spacial score (nSPS) is 17.3. The molecule has 0 saturated carbocycles. The summed E-state index contributed by atoms with van der Waals surface area (Å²) in [5, 5.41) is 11.3. The lowest BCUT2D eigenvalue weighted by molar-refractivity contribution is -0.132. The van der Waals surface area contributed by atoms with Crippen molar-refractivity contribution < 1.29 is 23.8 Å². The van der Waals surface area contributed by atoms with E-state index in [0.29, 0.717) is 29.2 Å². The summed E-state index contributed by atoms with van der Waals surface area (Å²) in [6, 6.07) is 17.1. The van der Waals surface area contributed by atoms with Gasteiger partial charge in [-0.1, -0.05) is 31.2 Å². The monoisotopic (exact) mass is 459 g/mol. The fourth-order valence-corrected chi connectivity index (χ4v) is 4.21. The van der Waals surface area contributed by atoms with Crippen LogP contribution in [0.4, 0.5) is 10.1 Å². The molecule has 0 radical (unpaired) electrons. The van der Waals surface area contributed by atoms with E-state index in [-0.39, 0.29) is 11.3 Å². The van der Waals surface area contributed by atoms with Crippen LogP contribution in [0.5, 0.6) is 5.75 Å². The quantitative estimate of drug-likeness (QED) is 0.285. The van der Waals surface area contributed by atoms with Gasteiger partial charge in [-0.05, 0) is 79.4 Å². The van der Waals surface area contributed by atoms with E-state index >= 15 is 0 Å². The number of Topliss-reactive ketones (excluding diaryl/α,β-unsaturated/α-hetero) is 1. The molecule has 0 aliphatic carbocycles. The first-order chi connectivity index (χ1) is 16.3. The Labute approximate surface area is 198 Å². The molecule has 1 amide bonds. The zero-order valence-corrected chi connectivity index (χ0v) is 19.3. The number of rotatable bonds is 6. The van der Waals surface area contributed by atoms with Gasteiger partial charge >= 0.3 is 0 Å². The third kappa shape index (κ3) is 4.19. The molecule has 174 valence electrons. The molecule has 1 N–H and O–H groups in total. The Morgan fingerprint density at radius 3 is 2.35 bits per heavy atom. The van der Waals surface area contributed by atoms with Crippen molar-refractivity contribution in [2.75, 3.05) is 11.5 Å². The molecule has 1 heterocycles. The highest BCUT2D eigenvalue weighted by atomic mass is 19.1. The first-order valence-corrected chi connectivity index (χ1v) is 11.2. The number of aliphatic hydroxyl groups is 1. The van der Waals surface area contributed by atoms with E-state index in [1.54, 1.807) is 18.2 Å². The van der Waals surface area contributed by atoms with Gasteiger partial charge in [0.2, 0.25) is 0 Å². The van der Waals surface area contributed by atoms with Gasteiger partial charge < -0.3 is 9.84 Å². The number of hydrogen-bond donors (Lipinski definition) is 1. The number of carbonyl (C=O) groups excluding carboxylic acids is 2. The average Bonchev–Trinajstić information content (AvgIpc) is 3.09. The second kappa shape index (κ2) is 9.51. The Morgan fingerprint density at radius 2 is 1.71 bits per heavy atom. The summed E-state index contributed by atoms with van der Waals surface area (Å²) in [6.45, 7) is 6.32. The Bertz CT molecular complexity index is 1280. The first-order valence-electron chi connectivity index (χ1n) is 11.2. The number of ketones is 1. The van der Waals surface area contributed by atoms with Crippen LogP contribution in [-0.4, -0.2) is 23.4 Å². The Morgan fingerprint density at radius 1 is 1.00 bits per heavy atom. The molecule has 1 unspecified atom stereocenters. The van der Waals surface area contributed by atoms with E-state index in [2.05, 4.69) is 0 Å². The minimum atomic E-state index is -0.858. The summed E-state index contributed by atoms with van der Waals surface area (Å²) < 4.78 is 19.3. The molecule has 6 heteroatoms. The predicted octanol–water partition coefficient (Wildman–Crippen LogP) is 5.86. The van der Waals surface area contributed by atoms with Crippen molar-refractivity contribution in [2.24, 2.45) is 0 Å². The molecular weight excluding hydrogens is 433 g/mol. The lowest BCUT2D eigenvalue weighted by Gasteiger charge is -2.26. The number of nitrogens with zero attached hydrogens (tertiary/aromatic N) is 1. The van der Waals surface area contributed by atoms with Gasteiger partial charge in [0.15, 0.2) is 0 Å². The molecule has 3 aromatic carbocycles. The molecule has 4 rings (SSSR count). The summed E-state index contributed by atoms with van der Waals surface area (Å²) in [7, 11) is 0. The summed E-state index contributed by atoms with van der Waals surface area (Å²) in [6.07, 6.45) is 0.866. The average molecular weight is 460 g/mol. The highest BCUT2D eigenvalue weighted by molar-refractivity contribution is 6.51. The van der Waals surface area contributed by atoms with Crippen molar-refractivity contribution >= 4 is 23.1 Å². The minimum absolute atomic E-state index is 0.00903. The Kier molecular flexibility index (Phi) is 6.50. The van der Waals surface area contributed by atoms with Crippen LogP contribution in [0.15, 0.2) is 72.3 Å². The van der Waals surface area contributed by atoms with Gasteiger partial charge in [0, 0.05) is 11.3 Å². The van der Waals surface area contributed by atoms with E-state index in [9.17, 15) is 19.1 Å². The first kappa shape index (κ1) is 23.2. The molecule has 0 aromatic heterocycles. The lowest BCUT2D eigenvalue weighted by Crippen LogP contribution is -2.29. The van der Waals surface area contributed by atoms with Gasteiger partial charge in [-0.15, -0.1) is 0 Å². The third-order valence-electron chi connectivity index (χ3n) is 5.94. The van der Waals surface area contributed by atoms with Gasteiger partial charge in [0.25, 0.3) is 11.7 Å². The topological polar surface area (TPSA) is 66.8 Å². The summed E-state index contributed by atoms with van der Waals surface area (Å²) in [5.41, 5.74) is 3.13. The molecule has 3 aromatic rings. The number of carbonyl (C=O) groups is 2. The third-order valence-corrected chi connectivity index (χ3v) is 5.94. The van der Waals surface area contributed by atoms with E-state index in [4.69, 9.17) is 4.74 Å². The number of anilines is 1. The zero-order valence-electron chi connectivity index (χ0n) is 19.3. The SMILES string of the molecule is CCCOc1ccc(/C(O)=C2\C(=O)C(=O)N(c3ccc(F)cc3)C2c2ccccc2C)cc1C. The molecular formula is C28H26FNO4. The van der Waals surface area contributed by atoms with Crippen LogP contribution in [0.1, 0.15) is 41.6 Å². The van der Waals surface area contributed by atoms with Crippen LogP contribution in [0.2, 0.25) is 0 Å². The van der Waals surface area contributed by atoms with E-state index in [0.717, 1.165) is 17.5 Å². The zero-order chi connectivity index (χ0) is 24.4. The van der Waals surface area contributed by atoms with Crippen LogP contribution in [0, 0.1) is 19.7 Å². The maximum absolute atomic E-state index is 13.6. The van der Waals surface area contributed by atoms with E-state index in [1.165, 1.54) is 29.2 Å². The second-order valence-corrected chi connectivity index (χ2v) is 8.33. The molecule has 1 aliphatic rings. The standard InChI is InChI=1S/C28H26FNO4/c1-4-15-34-23-14-9-19(16-18(23)3)26(31)24-25(22-8-6-5-7-17(22)2)30(28(33)27(24)32)21-12-10-20(29)11-13-21/h5-14,16,25,31H,4,15H2,1-3H3/b26-24+. The summed E-state index contributed by atoms with van der Waals surface area (Å²) in [4.78, 5) is 27.8. The number of aliphatic hydroxyl groups excluding tert-OH is 1. The molecule has 1 aliphatic heterocycles. The van der Waals surface area contributed by atoms with Crippen molar-refractivity contribution in [1.29, 1.82) is 0 Å². The molecule has 1 atom stereocenters. The number of amides is 1. The van der Waals surface area contributed by atoms with Gasteiger partial charge in [-0.2, -0.15) is 0 Å². The van der Waals surface area contributed by atoms with E-state index < -0.39 is 23.5 Å². The van der Waals surface area contributed by atoms with Crippen LogP contribution in [-0.2, 0) is 9.59 Å². The minimum Gasteiger partial charge on any atom is -0.507 e. The fraction of sp³-hybridized carbons (Fsp3) is 0.214. The highest BCUT2D eigenvalue weighted by Crippen LogP contribution is 2.43. The van der Waals surface area contributed by atoms with Crippen LogP contribution in [0.25, 0.3) is 5.76 Å². The molecule has 5 nitrogen and oxygen atoms in total. The van der Waals surface area contributed by atoms with Crippen molar-refractivity contribution in [1.82, 2.24) is 0 Å². The van der Waals surface area contributed by atoms with E-state index in [1.807, 2.05) is 45.0 Å². The fourth-order valence-electron chi connectivity index (χ4n) is 4.21. The second-order valence-electron chi connectivity index (χ2n) is 8.33. The summed E-state index contributed by atoms with van der Waals surface area (Å²) >= 11 is 0. The maximum atomic E-state index is 13.6. The molecule has 34 heavy (non-hydrogen) atoms. The molecule has 1 fully saturated rings. The maximum Gasteiger partial charge on any atom is 0.300 e. The van der Waals surface area contributed by atoms with Crippen molar-refractivity contribution in [2.45, 2.75) is 33.2 Å². The van der Waals surface area contributed by atoms with Gasteiger partial charge in [0.05, 0.1) is 18.2 Å². The Hall–Kier alpha value is -3.93. The van der Waals surface area contributed by atoms with Gasteiger partial charge in [-0.3, -0.25) is 14.5 Å². The predicted molar refractivity (Wildman–Crippen MR) is 129 cm³/mol. The van der Waals surface area contributed by atoms with Crippen LogP contribution >= 0.6 is 0 Å². The lowest BCUT2D eigenvalue weighted by atomic mass is 9.92. The molecule has 0 bridgehead atoms.